The van der Waals surface area contributed by atoms with Gasteiger partial charge in [-0.25, -0.2) is 9.89 Å². The normalized spacial score (nSPS) is 11.5. The highest BCUT2D eigenvalue weighted by Gasteiger charge is 2.16. The SMILES string of the molecule is O=C(O)c1nn[nH]c1Oc1cccc(C#Cc2ccc3c(c2)OCO3)c1. The number of benzene rings is 2. The van der Waals surface area contributed by atoms with Gasteiger partial charge in [0.05, 0.1) is 0 Å². The number of nitrogens with zero attached hydrogens (tertiary/aromatic N) is 2. The highest BCUT2D eigenvalue weighted by molar-refractivity contribution is 5.87. The summed E-state index contributed by atoms with van der Waals surface area (Å²) in [6.45, 7) is 0.215. The van der Waals surface area contributed by atoms with Gasteiger partial charge in [0.1, 0.15) is 5.75 Å². The Bertz CT molecular complexity index is 1050. The number of ether oxygens (including phenoxy) is 3. The van der Waals surface area contributed by atoms with Gasteiger partial charge in [0, 0.05) is 11.1 Å². The number of nitrogens with one attached hydrogen (secondary N) is 1. The van der Waals surface area contributed by atoms with E-state index in [-0.39, 0.29) is 18.4 Å². The average Bonchev–Trinajstić information content (AvgIpc) is 3.29. The third-order valence-electron chi connectivity index (χ3n) is 3.50. The van der Waals surface area contributed by atoms with Gasteiger partial charge >= 0.3 is 5.97 Å². The van der Waals surface area contributed by atoms with Crippen LogP contribution in [0.1, 0.15) is 21.6 Å². The van der Waals surface area contributed by atoms with Crippen molar-refractivity contribution in [3.8, 4) is 35.0 Å². The summed E-state index contributed by atoms with van der Waals surface area (Å²) in [4.78, 5) is 11.0. The van der Waals surface area contributed by atoms with Crippen LogP contribution >= 0.6 is 0 Å². The van der Waals surface area contributed by atoms with E-state index in [2.05, 4.69) is 27.3 Å². The molecule has 1 aromatic heterocycles. The van der Waals surface area contributed by atoms with Crippen LogP contribution in [0.25, 0.3) is 0 Å². The summed E-state index contributed by atoms with van der Waals surface area (Å²) in [6.07, 6.45) is 0. The highest BCUT2D eigenvalue weighted by Crippen LogP contribution is 2.32. The number of aromatic nitrogens is 3. The maximum absolute atomic E-state index is 11.0. The molecule has 0 saturated heterocycles. The molecule has 0 aliphatic carbocycles. The largest absolute Gasteiger partial charge is 0.476 e. The van der Waals surface area contributed by atoms with Crippen molar-refractivity contribution < 1.29 is 24.1 Å². The van der Waals surface area contributed by atoms with E-state index in [0.717, 1.165) is 5.56 Å². The van der Waals surface area contributed by atoms with Gasteiger partial charge < -0.3 is 19.3 Å². The Morgan fingerprint density at radius 1 is 1.12 bits per heavy atom. The second-order valence-corrected chi connectivity index (χ2v) is 5.24. The monoisotopic (exact) mass is 349 g/mol. The standard InChI is InChI=1S/C18H11N3O5/c22-18(23)16-17(20-21-19-16)26-13-3-1-2-11(8-13)4-5-12-6-7-14-15(9-12)25-10-24-14/h1-3,6-9H,10H2,(H,22,23)(H,19,20,21). The molecule has 0 fully saturated rings. The molecule has 0 bridgehead atoms. The van der Waals surface area contributed by atoms with Crippen LogP contribution in [0, 0.1) is 11.8 Å². The summed E-state index contributed by atoms with van der Waals surface area (Å²) >= 11 is 0. The summed E-state index contributed by atoms with van der Waals surface area (Å²) in [5.41, 5.74) is 1.19. The number of H-pyrrole nitrogens is 1. The topological polar surface area (TPSA) is 107 Å². The van der Waals surface area contributed by atoms with Gasteiger partial charge in [-0.1, -0.05) is 23.1 Å². The van der Waals surface area contributed by atoms with E-state index in [1.807, 2.05) is 24.3 Å². The molecule has 2 aromatic carbocycles. The van der Waals surface area contributed by atoms with Crippen LogP contribution < -0.4 is 14.2 Å². The Balaban J connectivity index is 1.55. The van der Waals surface area contributed by atoms with Crippen LogP contribution in [0.2, 0.25) is 0 Å². The Hall–Kier alpha value is -3.99. The maximum atomic E-state index is 11.0. The number of rotatable bonds is 3. The number of carboxylic acids is 1. The molecule has 8 nitrogen and oxygen atoms in total. The zero-order chi connectivity index (χ0) is 17.9. The summed E-state index contributed by atoms with van der Waals surface area (Å²) in [5.74, 6) is 6.58. The molecule has 1 aliphatic heterocycles. The van der Waals surface area contributed by atoms with Crippen molar-refractivity contribution in [3.05, 3.63) is 59.3 Å². The van der Waals surface area contributed by atoms with Crippen molar-refractivity contribution in [2.45, 2.75) is 0 Å². The minimum absolute atomic E-state index is 0.0432. The van der Waals surface area contributed by atoms with Gasteiger partial charge in [-0.05, 0) is 36.4 Å². The summed E-state index contributed by atoms with van der Waals surface area (Å²) in [5, 5.41) is 18.3. The van der Waals surface area contributed by atoms with Gasteiger partial charge in [-0.2, -0.15) is 0 Å². The number of hydrogen-bond acceptors (Lipinski definition) is 6. The number of carbonyl (C=O) groups is 1. The van der Waals surface area contributed by atoms with Gasteiger partial charge in [-0.3, -0.25) is 0 Å². The first kappa shape index (κ1) is 15.5. The predicted molar refractivity (Wildman–Crippen MR) is 88.4 cm³/mol. The smallest absolute Gasteiger partial charge is 0.362 e. The predicted octanol–water partition coefficient (Wildman–Crippen LogP) is 2.42. The Labute approximate surface area is 147 Å². The third kappa shape index (κ3) is 3.14. The first-order chi connectivity index (χ1) is 12.7. The number of hydrogen-bond donors (Lipinski definition) is 2. The van der Waals surface area contributed by atoms with E-state index in [1.54, 1.807) is 18.2 Å². The minimum Gasteiger partial charge on any atom is -0.476 e. The maximum Gasteiger partial charge on any atom is 0.362 e. The molecule has 0 saturated carbocycles. The average molecular weight is 349 g/mol. The fourth-order valence-corrected chi connectivity index (χ4v) is 2.30. The van der Waals surface area contributed by atoms with Gasteiger partial charge in [0.25, 0.3) is 5.88 Å². The molecule has 0 unspecified atom stereocenters. The van der Waals surface area contributed by atoms with Crippen molar-refractivity contribution in [3.63, 3.8) is 0 Å². The molecule has 8 heteroatoms. The highest BCUT2D eigenvalue weighted by atomic mass is 16.7. The van der Waals surface area contributed by atoms with Crippen LogP contribution in [-0.2, 0) is 0 Å². The molecule has 0 spiro atoms. The van der Waals surface area contributed by atoms with E-state index in [1.165, 1.54) is 0 Å². The zero-order valence-corrected chi connectivity index (χ0v) is 13.2. The van der Waals surface area contributed by atoms with E-state index in [4.69, 9.17) is 19.3 Å². The van der Waals surface area contributed by atoms with Crippen molar-refractivity contribution in [1.82, 2.24) is 15.4 Å². The number of aromatic carboxylic acids is 1. The van der Waals surface area contributed by atoms with Crippen molar-refractivity contribution in [2.75, 3.05) is 6.79 Å². The second kappa shape index (κ2) is 6.49. The summed E-state index contributed by atoms with van der Waals surface area (Å²) in [6, 6.07) is 12.4. The fourth-order valence-electron chi connectivity index (χ4n) is 2.30. The van der Waals surface area contributed by atoms with Crippen LogP contribution in [0.3, 0.4) is 0 Å². The lowest BCUT2D eigenvalue weighted by molar-refractivity contribution is 0.0687. The molecular weight excluding hydrogens is 338 g/mol. The molecule has 26 heavy (non-hydrogen) atoms. The van der Waals surface area contributed by atoms with Crippen molar-refractivity contribution in [1.29, 1.82) is 0 Å². The quantitative estimate of drug-likeness (QED) is 0.699. The van der Waals surface area contributed by atoms with Gasteiger partial charge in [-0.15, -0.1) is 5.10 Å². The Kier molecular flexibility index (Phi) is 3.88. The molecule has 0 amide bonds. The van der Waals surface area contributed by atoms with Crippen LogP contribution in [0.5, 0.6) is 23.1 Å². The minimum atomic E-state index is -1.23. The lowest BCUT2D eigenvalue weighted by atomic mass is 10.1. The summed E-state index contributed by atoms with van der Waals surface area (Å²) in [7, 11) is 0. The number of fused-ring (bicyclic) bond motifs is 1. The van der Waals surface area contributed by atoms with Gasteiger partial charge in [0.2, 0.25) is 12.5 Å². The van der Waals surface area contributed by atoms with E-state index in [9.17, 15) is 4.79 Å². The van der Waals surface area contributed by atoms with E-state index < -0.39 is 5.97 Å². The van der Waals surface area contributed by atoms with E-state index >= 15 is 0 Å². The molecule has 2 N–H and O–H groups in total. The lowest BCUT2D eigenvalue weighted by Crippen LogP contribution is -1.99. The first-order valence-electron chi connectivity index (χ1n) is 7.53. The Morgan fingerprint density at radius 2 is 1.92 bits per heavy atom. The van der Waals surface area contributed by atoms with Crippen LogP contribution in [0.4, 0.5) is 0 Å². The zero-order valence-electron chi connectivity index (χ0n) is 13.2. The molecule has 0 atom stereocenters. The lowest BCUT2D eigenvalue weighted by Gasteiger charge is -2.03. The molecule has 0 radical (unpaired) electrons. The molecule has 2 heterocycles. The fraction of sp³-hybridized carbons (Fsp3) is 0.0556. The molecule has 128 valence electrons. The molecule has 4 rings (SSSR count). The molecular formula is C18H11N3O5. The van der Waals surface area contributed by atoms with Crippen molar-refractivity contribution in [2.24, 2.45) is 0 Å². The second-order valence-electron chi connectivity index (χ2n) is 5.24. The van der Waals surface area contributed by atoms with E-state index in [0.29, 0.717) is 22.8 Å². The van der Waals surface area contributed by atoms with Gasteiger partial charge in [0.15, 0.2) is 11.5 Å². The first-order valence-corrected chi connectivity index (χ1v) is 7.53. The summed E-state index contributed by atoms with van der Waals surface area (Å²) < 4.78 is 16.1. The number of aromatic amines is 1. The Morgan fingerprint density at radius 3 is 2.77 bits per heavy atom. The molecule has 1 aliphatic rings. The van der Waals surface area contributed by atoms with Crippen LogP contribution in [0.15, 0.2) is 42.5 Å². The third-order valence-corrected chi connectivity index (χ3v) is 3.50. The number of carboxylic acid groups (broad SMARTS) is 1. The molecule has 3 aromatic rings. The van der Waals surface area contributed by atoms with Crippen molar-refractivity contribution >= 4 is 5.97 Å². The van der Waals surface area contributed by atoms with Crippen LogP contribution in [-0.4, -0.2) is 33.3 Å².